The van der Waals surface area contributed by atoms with Gasteiger partial charge in [0.1, 0.15) is 11.4 Å². The van der Waals surface area contributed by atoms with E-state index in [9.17, 15) is 0 Å². The second-order valence-corrected chi connectivity index (χ2v) is 7.35. The highest BCUT2D eigenvalue weighted by molar-refractivity contribution is 5.55. The number of morpholine rings is 1. The molecule has 1 fully saturated rings. The minimum Gasteiger partial charge on any atom is -0.470 e. The van der Waals surface area contributed by atoms with Crippen LogP contribution in [0.3, 0.4) is 0 Å². The van der Waals surface area contributed by atoms with Crippen molar-refractivity contribution in [3.05, 3.63) is 12.1 Å². The summed E-state index contributed by atoms with van der Waals surface area (Å²) in [5.41, 5.74) is 6.03. The highest BCUT2D eigenvalue weighted by Crippen LogP contribution is 2.29. The number of aromatic nitrogens is 1. The van der Waals surface area contributed by atoms with Gasteiger partial charge in [0.15, 0.2) is 0 Å². The monoisotopic (exact) mass is 293 g/mol. The molecule has 0 spiro atoms. The Morgan fingerprint density at radius 1 is 1.38 bits per heavy atom. The number of anilines is 2. The molecular weight excluding hydrogens is 266 g/mol. The number of hydrogen-bond acceptors (Lipinski definition) is 5. The van der Waals surface area contributed by atoms with Crippen LogP contribution in [0.2, 0.25) is 0 Å². The van der Waals surface area contributed by atoms with E-state index in [0.29, 0.717) is 11.6 Å². The van der Waals surface area contributed by atoms with E-state index in [1.54, 1.807) is 0 Å². The molecule has 0 bridgehead atoms. The van der Waals surface area contributed by atoms with Gasteiger partial charge in [-0.25, -0.2) is 0 Å². The molecule has 2 N–H and O–H groups in total. The lowest BCUT2D eigenvalue weighted by atomic mass is 10.1. The zero-order valence-electron chi connectivity index (χ0n) is 13.9. The summed E-state index contributed by atoms with van der Waals surface area (Å²) >= 11 is 0. The standard InChI is InChI=1S/C16H27N3O2/c1-11-9-19(10-16(5,6)20-11)13-8-7-12(17)14(18-13)21-15(2,3)4/h7-8,11H,9-10,17H2,1-6H3. The van der Waals surface area contributed by atoms with Gasteiger partial charge in [0, 0.05) is 13.1 Å². The van der Waals surface area contributed by atoms with Crippen LogP contribution < -0.4 is 15.4 Å². The Morgan fingerprint density at radius 3 is 2.62 bits per heavy atom. The minimum atomic E-state index is -0.322. The molecule has 1 aliphatic heterocycles. The smallest absolute Gasteiger partial charge is 0.239 e. The molecule has 1 unspecified atom stereocenters. The van der Waals surface area contributed by atoms with Gasteiger partial charge in [0.25, 0.3) is 0 Å². The van der Waals surface area contributed by atoms with E-state index in [4.69, 9.17) is 15.2 Å². The predicted octanol–water partition coefficient (Wildman–Crippen LogP) is 2.84. The normalized spacial score (nSPS) is 22.2. The molecule has 0 radical (unpaired) electrons. The topological polar surface area (TPSA) is 60.6 Å². The number of ether oxygens (including phenoxy) is 2. The molecule has 5 heteroatoms. The molecule has 0 aliphatic carbocycles. The van der Waals surface area contributed by atoms with Crippen molar-refractivity contribution in [3.8, 4) is 5.88 Å². The largest absolute Gasteiger partial charge is 0.470 e. The molecule has 1 aliphatic rings. The maximum atomic E-state index is 5.98. The van der Waals surface area contributed by atoms with E-state index in [1.165, 1.54) is 0 Å². The molecule has 5 nitrogen and oxygen atoms in total. The van der Waals surface area contributed by atoms with Gasteiger partial charge in [0.2, 0.25) is 5.88 Å². The summed E-state index contributed by atoms with van der Waals surface area (Å²) < 4.78 is 11.8. The Kier molecular flexibility index (Phi) is 4.06. The second-order valence-electron chi connectivity index (χ2n) is 7.35. The van der Waals surface area contributed by atoms with Gasteiger partial charge in [-0.3, -0.25) is 0 Å². The Bertz CT molecular complexity index is 509. The molecule has 1 atom stereocenters. The van der Waals surface area contributed by atoms with E-state index in [0.717, 1.165) is 18.9 Å². The summed E-state index contributed by atoms with van der Waals surface area (Å²) in [6.07, 6.45) is 0.167. The Balaban J connectivity index is 2.26. The van der Waals surface area contributed by atoms with E-state index in [1.807, 2.05) is 32.9 Å². The average Bonchev–Trinajstić information content (AvgIpc) is 2.27. The third kappa shape index (κ3) is 4.24. The molecule has 1 saturated heterocycles. The predicted molar refractivity (Wildman–Crippen MR) is 85.9 cm³/mol. The van der Waals surface area contributed by atoms with Crippen molar-refractivity contribution >= 4 is 11.5 Å². The fourth-order valence-corrected chi connectivity index (χ4v) is 2.62. The molecule has 21 heavy (non-hydrogen) atoms. The second kappa shape index (κ2) is 5.37. The minimum absolute atomic E-state index is 0.167. The molecule has 0 aromatic carbocycles. The lowest BCUT2D eigenvalue weighted by Crippen LogP contribution is -2.52. The molecule has 0 saturated carbocycles. The summed E-state index contributed by atoms with van der Waals surface area (Å²) in [7, 11) is 0. The van der Waals surface area contributed by atoms with Crippen molar-refractivity contribution in [2.45, 2.75) is 58.8 Å². The van der Waals surface area contributed by atoms with Crippen LogP contribution in [0.4, 0.5) is 11.5 Å². The van der Waals surface area contributed by atoms with Crippen LogP contribution in [0.15, 0.2) is 12.1 Å². The van der Waals surface area contributed by atoms with Crippen LogP contribution in [0.25, 0.3) is 0 Å². The van der Waals surface area contributed by atoms with Gasteiger partial charge in [-0.2, -0.15) is 4.98 Å². The Hall–Kier alpha value is -1.49. The van der Waals surface area contributed by atoms with Crippen LogP contribution in [-0.2, 0) is 4.74 Å². The van der Waals surface area contributed by atoms with Crippen molar-refractivity contribution in [2.75, 3.05) is 23.7 Å². The van der Waals surface area contributed by atoms with Crippen molar-refractivity contribution in [1.82, 2.24) is 4.98 Å². The van der Waals surface area contributed by atoms with E-state index in [2.05, 4.69) is 30.7 Å². The fourth-order valence-electron chi connectivity index (χ4n) is 2.62. The first-order valence-corrected chi connectivity index (χ1v) is 7.44. The van der Waals surface area contributed by atoms with Gasteiger partial charge in [-0.15, -0.1) is 0 Å². The van der Waals surface area contributed by atoms with Crippen LogP contribution in [0.5, 0.6) is 5.88 Å². The van der Waals surface area contributed by atoms with Crippen LogP contribution >= 0.6 is 0 Å². The third-order valence-electron chi connectivity index (χ3n) is 3.17. The lowest BCUT2D eigenvalue weighted by Gasteiger charge is -2.42. The number of nitrogens with two attached hydrogens (primary N) is 1. The van der Waals surface area contributed by atoms with Crippen LogP contribution in [-0.4, -0.2) is 35.4 Å². The summed E-state index contributed by atoms with van der Waals surface area (Å²) in [6.45, 7) is 13.8. The summed E-state index contributed by atoms with van der Waals surface area (Å²) in [4.78, 5) is 6.83. The van der Waals surface area contributed by atoms with Crippen molar-refractivity contribution in [3.63, 3.8) is 0 Å². The quantitative estimate of drug-likeness (QED) is 0.908. The maximum Gasteiger partial charge on any atom is 0.239 e. The first-order valence-electron chi connectivity index (χ1n) is 7.44. The molecule has 1 aromatic heterocycles. The van der Waals surface area contributed by atoms with Crippen LogP contribution in [0.1, 0.15) is 41.5 Å². The fraction of sp³-hybridized carbons (Fsp3) is 0.688. The average molecular weight is 293 g/mol. The van der Waals surface area contributed by atoms with Crippen LogP contribution in [0, 0.1) is 0 Å². The van der Waals surface area contributed by atoms with Gasteiger partial charge in [-0.1, -0.05) is 0 Å². The van der Waals surface area contributed by atoms with Gasteiger partial charge in [-0.05, 0) is 53.7 Å². The first kappa shape index (κ1) is 15.9. The molecule has 1 aromatic rings. The van der Waals surface area contributed by atoms with E-state index in [-0.39, 0.29) is 17.3 Å². The highest BCUT2D eigenvalue weighted by atomic mass is 16.5. The van der Waals surface area contributed by atoms with Gasteiger partial charge < -0.3 is 20.1 Å². The van der Waals surface area contributed by atoms with Gasteiger partial charge in [0.05, 0.1) is 17.4 Å². The maximum absolute atomic E-state index is 5.98. The number of hydrogen-bond donors (Lipinski definition) is 1. The third-order valence-corrected chi connectivity index (χ3v) is 3.17. The summed E-state index contributed by atoms with van der Waals surface area (Å²) in [5, 5.41) is 0. The molecule has 0 amide bonds. The molecule has 2 rings (SSSR count). The Labute approximate surface area is 127 Å². The summed E-state index contributed by atoms with van der Waals surface area (Å²) in [6, 6.07) is 3.80. The zero-order valence-corrected chi connectivity index (χ0v) is 13.9. The van der Waals surface area contributed by atoms with Crippen molar-refractivity contribution in [2.24, 2.45) is 0 Å². The highest BCUT2D eigenvalue weighted by Gasteiger charge is 2.32. The van der Waals surface area contributed by atoms with E-state index < -0.39 is 0 Å². The van der Waals surface area contributed by atoms with Gasteiger partial charge >= 0.3 is 0 Å². The Morgan fingerprint density at radius 2 is 2.05 bits per heavy atom. The van der Waals surface area contributed by atoms with Crippen molar-refractivity contribution in [1.29, 1.82) is 0 Å². The molecular formula is C16H27N3O2. The molecule has 118 valence electrons. The summed E-state index contributed by atoms with van der Waals surface area (Å²) in [5.74, 6) is 1.38. The first-order chi connectivity index (χ1) is 9.56. The lowest BCUT2D eigenvalue weighted by molar-refractivity contribution is -0.0752. The van der Waals surface area contributed by atoms with Crippen molar-refractivity contribution < 1.29 is 9.47 Å². The SMILES string of the molecule is CC1CN(c2ccc(N)c(OC(C)(C)C)n2)CC(C)(C)O1. The number of nitrogen functional groups attached to an aromatic ring is 1. The zero-order chi connectivity index (χ0) is 15.8. The number of nitrogens with zero attached hydrogens (tertiary/aromatic N) is 2. The molecule has 2 heterocycles. The van der Waals surface area contributed by atoms with E-state index >= 15 is 0 Å². The number of pyridine rings is 1. The number of rotatable bonds is 2.